The highest BCUT2D eigenvalue weighted by Gasteiger charge is 2.15. The first-order valence-electron chi connectivity index (χ1n) is 6.35. The number of aromatic nitrogens is 1. The predicted molar refractivity (Wildman–Crippen MR) is 90.1 cm³/mol. The van der Waals surface area contributed by atoms with Crippen molar-refractivity contribution in [2.75, 3.05) is 19.0 Å². The van der Waals surface area contributed by atoms with Crippen LogP contribution in [0.3, 0.4) is 0 Å². The molecule has 22 heavy (non-hydrogen) atoms. The summed E-state index contributed by atoms with van der Waals surface area (Å²) in [6.45, 7) is 0. The summed E-state index contributed by atoms with van der Waals surface area (Å²) in [7, 11) is 3.48. The molecule has 0 bridgehead atoms. The molecule has 2 aromatic rings. The van der Waals surface area contributed by atoms with Crippen LogP contribution in [0.2, 0.25) is 0 Å². The van der Waals surface area contributed by atoms with E-state index in [4.69, 9.17) is 10.2 Å². The van der Waals surface area contributed by atoms with E-state index in [1.807, 2.05) is 30.3 Å². The molecule has 0 fully saturated rings. The van der Waals surface area contributed by atoms with E-state index in [-0.39, 0.29) is 16.7 Å². The van der Waals surface area contributed by atoms with Gasteiger partial charge in [0.05, 0.1) is 11.9 Å². The van der Waals surface area contributed by atoms with E-state index >= 15 is 0 Å². The van der Waals surface area contributed by atoms with Crippen molar-refractivity contribution in [2.45, 2.75) is 0 Å². The minimum absolute atomic E-state index is 0.000213. The highest BCUT2D eigenvalue weighted by Crippen LogP contribution is 2.20. The fraction of sp³-hybridized carbons (Fsp3) is 0.143. The Labute approximate surface area is 132 Å². The molecule has 0 saturated carbocycles. The van der Waals surface area contributed by atoms with Crippen molar-refractivity contribution in [3.63, 3.8) is 0 Å². The summed E-state index contributed by atoms with van der Waals surface area (Å²) in [5.74, 6) is 0. The molecule has 114 valence electrons. The maximum atomic E-state index is 12.2. The summed E-state index contributed by atoms with van der Waals surface area (Å²) in [6.07, 6.45) is 1.29. The van der Waals surface area contributed by atoms with Crippen LogP contribution in [0.1, 0.15) is 5.56 Å². The van der Waals surface area contributed by atoms with Gasteiger partial charge in [0.15, 0.2) is 5.11 Å². The van der Waals surface area contributed by atoms with Crippen LogP contribution in [-0.2, 0) is 0 Å². The maximum absolute atomic E-state index is 12.2. The lowest BCUT2D eigenvalue weighted by Gasteiger charge is -2.11. The second-order valence-corrected chi connectivity index (χ2v) is 4.98. The van der Waals surface area contributed by atoms with Crippen LogP contribution in [0.4, 0.5) is 6.01 Å². The number of hydrogen-bond donors (Lipinski definition) is 2. The number of nitrogens with two attached hydrogens (primary N) is 1. The topological polar surface area (TPSA) is 96.8 Å². The molecular formula is C14H15N5O2S. The van der Waals surface area contributed by atoms with Gasteiger partial charge in [-0.1, -0.05) is 30.3 Å². The van der Waals surface area contributed by atoms with Crippen molar-refractivity contribution in [1.82, 2.24) is 10.4 Å². The van der Waals surface area contributed by atoms with Crippen molar-refractivity contribution in [2.24, 2.45) is 10.8 Å². The molecular weight excluding hydrogens is 302 g/mol. The second kappa shape index (κ2) is 6.81. The van der Waals surface area contributed by atoms with Crippen LogP contribution < -0.4 is 21.7 Å². The fourth-order valence-corrected chi connectivity index (χ4v) is 1.75. The van der Waals surface area contributed by atoms with E-state index in [1.165, 1.54) is 6.21 Å². The van der Waals surface area contributed by atoms with Gasteiger partial charge in [-0.05, 0) is 12.2 Å². The number of thiocarbonyl (C=S) groups is 1. The fourth-order valence-electron chi connectivity index (χ4n) is 1.69. The van der Waals surface area contributed by atoms with Gasteiger partial charge >= 0.3 is 5.63 Å². The monoisotopic (exact) mass is 317 g/mol. The van der Waals surface area contributed by atoms with Gasteiger partial charge < -0.3 is 15.1 Å². The smallest absolute Gasteiger partial charge is 0.349 e. The van der Waals surface area contributed by atoms with E-state index in [0.29, 0.717) is 5.69 Å². The molecule has 0 radical (unpaired) electrons. The van der Waals surface area contributed by atoms with E-state index in [2.05, 4.69) is 27.7 Å². The summed E-state index contributed by atoms with van der Waals surface area (Å²) in [4.78, 5) is 18.2. The molecule has 1 heterocycles. The van der Waals surface area contributed by atoms with E-state index < -0.39 is 5.63 Å². The summed E-state index contributed by atoms with van der Waals surface area (Å²) in [5, 5.41) is 3.81. The minimum Gasteiger partial charge on any atom is -0.388 e. The third kappa shape index (κ3) is 3.67. The first-order valence-corrected chi connectivity index (χ1v) is 6.76. The first-order chi connectivity index (χ1) is 10.5. The second-order valence-electron chi connectivity index (χ2n) is 4.54. The van der Waals surface area contributed by atoms with Gasteiger partial charge in [-0.3, -0.25) is 5.43 Å². The molecule has 0 spiro atoms. The molecule has 0 aliphatic rings. The van der Waals surface area contributed by atoms with E-state index in [9.17, 15) is 4.79 Å². The van der Waals surface area contributed by atoms with Gasteiger partial charge in [0, 0.05) is 19.7 Å². The molecule has 0 amide bonds. The van der Waals surface area contributed by atoms with Crippen molar-refractivity contribution in [1.29, 1.82) is 0 Å². The van der Waals surface area contributed by atoms with Crippen LogP contribution in [0.25, 0.3) is 11.3 Å². The van der Waals surface area contributed by atoms with E-state index in [1.54, 1.807) is 19.0 Å². The van der Waals surface area contributed by atoms with Gasteiger partial charge in [-0.15, -0.1) is 0 Å². The number of rotatable bonds is 4. The number of hydrogen-bond acceptors (Lipinski definition) is 6. The summed E-state index contributed by atoms with van der Waals surface area (Å²) < 4.78 is 5.17. The Morgan fingerprint density at radius 1 is 1.41 bits per heavy atom. The molecule has 0 aliphatic carbocycles. The van der Waals surface area contributed by atoms with Crippen molar-refractivity contribution in [3.05, 3.63) is 46.3 Å². The Hall–Kier alpha value is -2.74. The zero-order valence-electron chi connectivity index (χ0n) is 12.1. The zero-order chi connectivity index (χ0) is 16.1. The Morgan fingerprint density at radius 3 is 2.68 bits per heavy atom. The average molecular weight is 317 g/mol. The molecule has 3 N–H and O–H groups in total. The standard InChI is InChI=1S/C14H15N5O2S/c1-19(2)14-17-11(9-6-4-3-5-7-9)10(12(20)21-14)8-16-18-13(15)22/h3-8H,1-2H3,(H3,15,18,22)/b16-8-. The molecule has 0 atom stereocenters. The van der Waals surface area contributed by atoms with Gasteiger partial charge in [0.1, 0.15) is 5.56 Å². The highest BCUT2D eigenvalue weighted by atomic mass is 32.1. The minimum atomic E-state index is -0.550. The lowest BCUT2D eigenvalue weighted by Crippen LogP contribution is -2.25. The van der Waals surface area contributed by atoms with Gasteiger partial charge in [0.25, 0.3) is 6.01 Å². The predicted octanol–water partition coefficient (Wildman–Crippen LogP) is 0.935. The number of anilines is 1. The summed E-state index contributed by atoms with van der Waals surface area (Å²) >= 11 is 4.65. The van der Waals surface area contributed by atoms with Crippen molar-refractivity contribution in [3.8, 4) is 11.3 Å². The van der Waals surface area contributed by atoms with Crippen LogP contribution >= 0.6 is 12.2 Å². The molecule has 0 unspecified atom stereocenters. The van der Waals surface area contributed by atoms with Gasteiger partial charge in [0.2, 0.25) is 0 Å². The molecule has 1 aromatic heterocycles. The molecule has 8 heteroatoms. The quantitative estimate of drug-likeness (QED) is 0.492. The number of hydrazone groups is 1. The number of benzene rings is 1. The van der Waals surface area contributed by atoms with Crippen molar-refractivity contribution >= 4 is 29.6 Å². The van der Waals surface area contributed by atoms with Crippen LogP contribution in [-0.4, -0.2) is 30.4 Å². The lowest BCUT2D eigenvalue weighted by molar-refractivity contribution is 0.492. The number of nitrogens with zero attached hydrogens (tertiary/aromatic N) is 3. The van der Waals surface area contributed by atoms with E-state index in [0.717, 1.165) is 5.56 Å². The summed E-state index contributed by atoms with van der Waals surface area (Å²) in [5.41, 5.74) is 8.59. The van der Waals surface area contributed by atoms with Crippen LogP contribution in [0.5, 0.6) is 0 Å². The average Bonchev–Trinajstić information content (AvgIpc) is 2.49. The first kappa shape index (κ1) is 15.6. The van der Waals surface area contributed by atoms with Crippen LogP contribution in [0, 0.1) is 0 Å². The van der Waals surface area contributed by atoms with Gasteiger partial charge in [-0.25, -0.2) is 4.79 Å². The Balaban J connectivity index is 2.58. The Kier molecular flexibility index (Phi) is 4.84. The van der Waals surface area contributed by atoms with Gasteiger partial charge in [-0.2, -0.15) is 10.1 Å². The molecule has 7 nitrogen and oxygen atoms in total. The lowest BCUT2D eigenvalue weighted by atomic mass is 10.1. The molecule has 1 aromatic carbocycles. The summed E-state index contributed by atoms with van der Waals surface area (Å²) in [6, 6.07) is 9.50. The normalized spacial score (nSPS) is 10.6. The Morgan fingerprint density at radius 2 is 2.09 bits per heavy atom. The highest BCUT2D eigenvalue weighted by molar-refractivity contribution is 7.80. The van der Waals surface area contributed by atoms with Crippen LogP contribution in [0.15, 0.2) is 44.6 Å². The zero-order valence-corrected chi connectivity index (χ0v) is 12.9. The Bertz CT molecular complexity index is 756. The molecule has 0 saturated heterocycles. The molecule has 0 aliphatic heterocycles. The third-order valence-electron chi connectivity index (χ3n) is 2.66. The molecule has 2 rings (SSSR count). The maximum Gasteiger partial charge on any atom is 0.349 e. The third-order valence-corrected chi connectivity index (χ3v) is 2.76. The van der Waals surface area contributed by atoms with Crippen molar-refractivity contribution < 1.29 is 4.42 Å². The largest absolute Gasteiger partial charge is 0.388 e. The SMILES string of the molecule is CN(C)c1nc(-c2ccccc2)c(/C=N\NC(N)=S)c(=O)o1. The number of nitrogens with one attached hydrogen (secondary N) is 1.